The average Bonchev–Trinajstić information content (AvgIpc) is 2.68. The van der Waals surface area contributed by atoms with Crippen molar-refractivity contribution in [3.05, 3.63) is 57.5 Å². The third kappa shape index (κ3) is 8.27. The largest absolute Gasteiger partial charge is 0.396 e. The molecule has 0 fully saturated rings. The molecule has 1 aromatic rings. The number of allylic oxidation sites excluding steroid dienone is 4. The van der Waals surface area contributed by atoms with Crippen LogP contribution in [0, 0.1) is 5.82 Å². The number of hydroxylamine groups is 1. The highest BCUT2D eigenvalue weighted by Gasteiger charge is 2.20. The molecule has 1 aromatic carbocycles. The van der Waals surface area contributed by atoms with Crippen LogP contribution in [0.4, 0.5) is 15.8 Å². The lowest BCUT2D eigenvalue weighted by Crippen LogP contribution is -2.26. The third-order valence-electron chi connectivity index (χ3n) is 3.45. The number of anilines is 1. The zero-order valence-electron chi connectivity index (χ0n) is 17.0. The number of benzene rings is 1. The molecule has 0 saturated carbocycles. The summed E-state index contributed by atoms with van der Waals surface area (Å²) in [5.41, 5.74) is 2.49. The molecule has 3 N–H and O–H groups in total. The van der Waals surface area contributed by atoms with E-state index in [1.54, 1.807) is 32.0 Å². The van der Waals surface area contributed by atoms with Gasteiger partial charge in [0.15, 0.2) is 5.82 Å². The Morgan fingerprint density at radius 1 is 1.47 bits per heavy atom. The second kappa shape index (κ2) is 13.2. The lowest BCUT2D eigenvalue weighted by molar-refractivity contribution is 0.0262. The van der Waals surface area contributed by atoms with Gasteiger partial charge in [-0.2, -0.15) is 0 Å². The number of hydrogen-bond donors (Lipinski definition) is 3. The van der Waals surface area contributed by atoms with Crippen molar-refractivity contribution in [2.24, 2.45) is 4.99 Å². The average molecular weight is 504 g/mol. The van der Waals surface area contributed by atoms with Gasteiger partial charge in [-0.05, 0) is 31.6 Å². The van der Waals surface area contributed by atoms with Gasteiger partial charge < -0.3 is 15.3 Å². The minimum absolute atomic E-state index is 0.0122. The maximum absolute atomic E-state index is 15.2. The van der Waals surface area contributed by atoms with Crippen LogP contribution in [0.25, 0.3) is 0 Å². The van der Waals surface area contributed by atoms with Crippen LogP contribution < -0.4 is 10.8 Å². The van der Waals surface area contributed by atoms with Crippen LogP contribution in [0.2, 0.25) is 0 Å². The number of carbonyl (C=O) groups excluding carboxylic acids is 1. The van der Waals surface area contributed by atoms with Crippen molar-refractivity contribution in [1.29, 1.82) is 0 Å². The molecule has 0 unspecified atom stereocenters. The zero-order chi connectivity index (χ0) is 22.7. The Morgan fingerprint density at radius 3 is 2.73 bits per heavy atom. The van der Waals surface area contributed by atoms with Gasteiger partial charge in [0.25, 0.3) is 5.91 Å². The Balaban J connectivity index is 3.36. The molecule has 164 valence electrons. The van der Waals surface area contributed by atoms with E-state index in [-0.39, 0.29) is 35.2 Å². The van der Waals surface area contributed by atoms with E-state index in [1.807, 2.05) is 0 Å². The predicted octanol–water partition coefficient (Wildman–Crippen LogP) is 4.44. The van der Waals surface area contributed by atoms with E-state index in [9.17, 15) is 4.79 Å². The second-order valence-corrected chi connectivity index (χ2v) is 7.58. The van der Waals surface area contributed by atoms with Crippen molar-refractivity contribution < 1.29 is 19.1 Å². The molecule has 0 aliphatic heterocycles. The SMILES string of the molecule is C=C(Br)/C=C(Cl)\C(=C/C)Nc1c(C(=O)NOCCCO)ccc(N=CN(C)C)c1F. The minimum atomic E-state index is -0.738. The number of rotatable bonds is 11. The van der Waals surface area contributed by atoms with E-state index in [4.69, 9.17) is 21.5 Å². The van der Waals surface area contributed by atoms with E-state index >= 15 is 4.39 Å². The fourth-order valence-electron chi connectivity index (χ4n) is 2.08. The van der Waals surface area contributed by atoms with Crippen molar-refractivity contribution in [1.82, 2.24) is 10.4 Å². The molecule has 0 spiro atoms. The van der Waals surface area contributed by atoms with Crippen LogP contribution in [0.15, 0.2) is 51.1 Å². The third-order valence-corrected chi connectivity index (χ3v) is 3.99. The molecule has 0 bridgehead atoms. The minimum Gasteiger partial charge on any atom is -0.396 e. The summed E-state index contributed by atoms with van der Waals surface area (Å²) >= 11 is 9.46. The Bertz CT molecular complexity index is 857. The number of nitrogens with one attached hydrogen (secondary N) is 2. The number of aliphatic hydroxyl groups excluding tert-OH is 1. The predicted molar refractivity (Wildman–Crippen MR) is 123 cm³/mol. The number of halogens is 3. The van der Waals surface area contributed by atoms with Gasteiger partial charge in [0.1, 0.15) is 5.69 Å². The van der Waals surface area contributed by atoms with Crippen molar-refractivity contribution in [2.45, 2.75) is 13.3 Å². The molecule has 7 nitrogen and oxygen atoms in total. The number of amides is 1. The summed E-state index contributed by atoms with van der Waals surface area (Å²) in [4.78, 5) is 23.3. The normalized spacial score (nSPS) is 12.2. The summed E-state index contributed by atoms with van der Waals surface area (Å²) in [5.74, 6) is -1.41. The summed E-state index contributed by atoms with van der Waals surface area (Å²) < 4.78 is 15.8. The first-order valence-electron chi connectivity index (χ1n) is 8.92. The standard InChI is InChI=1S/C20H25BrClFN4O3/c1-5-16(15(22)11-13(2)21)25-19-14(20(29)26-30-10-6-9-28)7-8-17(18(19)23)24-12-27(3)4/h5,7-8,11-12,25,28H,2,6,9-10H2,1,3-4H3,(H,26,29)/b15-11+,16-5+,24-12?. The number of aliphatic hydroxyl groups is 1. The van der Waals surface area contributed by atoms with Crippen LogP contribution in [0.5, 0.6) is 0 Å². The lowest BCUT2D eigenvalue weighted by Gasteiger charge is -2.16. The summed E-state index contributed by atoms with van der Waals surface area (Å²) in [7, 11) is 3.50. The fourth-order valence-corrected chi connectivity index (χ4v) is 2.73. The van der Waals surface area contributed by atoms with Gasteiger partial charge in [0, 0.05) is 25.2 Å². The Labute approximate surface area is 189 Å². The van der Waals surface area contributed by atoms with Gasteiger partial charge in [-0.3, -0.25) is 9.63 Å². The molecule has 1 amide bonds. The van der Waals surface area contributed by atoms with Gasteiger partial charge in [0.05, 0.1) is 34.9 Å². The highest BCUT2D eigenvalue weighted by atomic mass is 79.9. The first-order chi connectivity index (χ1) is 14.2. The van der Waals surface area contributed by atoms with Crippen LogP contribution in [0.3, 0.4) is 0 Å². The molecule has 10 heteroatoms. The molecule has 0 saturated heterocycles. The van der Waals surface area contributed by atoms with Gasteiger partial charge in [-0.25, -0.2) is 14.9 Å². The molecular weight excluding hydrogens is 479 g/mol. The van der Waals surface area contributed by atoms with Crippen LogP contribution in [-0.4, -0.2) is 49.6 Å². The highest BCUT2D eigenvalue weighted by molar-refractivity contribution is 9.11. The molecule has 0 aliphatic carbocycles. The van der Waals surface area contributed by atoms with Crippen molar-refractivity contribution in [3.8, 4) is 0 Å². The quantitative estimate of drug-likeness (QED) is 0.137. The second-order valence-electron chi connectivity index (χ2n) is 6.15. The molecule has 0 atom stereocenters. The first kappa shape index (κ1) is 25.8. The highest BCUT2D eigenvalue weighted by Crippen LogP contribution is 2.32. The number of hydrogen-bond acceptors (Lipinski definition) is 5. The van der Waals surface area contributed by atoms with Crippen LogP contribution in [0.1, 0.15) is 23.7 Å². The molecule has 0 heterocycles. The topological polar surface area (TPSA) is 86.2 Å². The molecule has 0 aromatic heterocycles. The number of nitrogens with zero attached hydrogens (tertiary/aromatic N) is 2. The molecule has 0 aliphatic rings. The van der Waals surface area contributed by atoms with E-state index in [1.165, 1.54) is 24.5 Å². The van der Waals surface area contributed by atoms with Crippen molar-refractivity contribution in [2.75, 3.05) is 32.6 Å². The Kier molecular flexibility index (Phi) is 11.3. The molecule has 30 heavy (non-hydrogen) atoms. The number of carbonyl (C=O) groups is 1. The van der Waals surface area contributed by atoms with Gasteiger partial charge >= 0.3 is 0 Å². The van der Waals surface area contributed by atoms with Gasteiger partial charge in [0.2, 0.25) is 0 Å². The van der Waals surface area contributed by atoms with Crippen LogP contribution in [-0.2, 0) is 4.84 Å². The van der Waals surface area contributed by atoms with Crippen molar-refractivity contribution in [3.63, 3.8) is 0 Å². The van der Waals surface area contributed by atoms with Gasteiger partial charge in [-0.1, -0.05) is 40.2 Å². The van der Waals surface area contributed by atoms with E-state index < -0.39 is 11.7 Å². The molecule has 0 radical (unpaired) electrons. The fraction of sp³-hybridized carbons (Fsp3) is 0.300. The molecule has 1 rings (SSSR count). The monoisotopic (exact) mass is 502 g/mol. The summed E-state index contributed by atoms with van der Waals surface area (Å²) in [6.45, 7) is 5.43. The lowest BCUT2D eigenvalue weighted by atomic mass is 10.1. The first-order valence-corrected chi connectivity index (χ1v) is 10.1. The van der Waals surface area contributed by atoms with E-state index in [0.717, 1.165) is 0 Å². The maximum atomic E-state index is 15.2. The summed E-state index contributed by atoms with van der Waals surface area (Å²) in [6.07, 6.45) is 4.95. The van der Waals surface area contributed by atoms with E-state index in [0.29, 0.717) is 16.6 Å². The van der Waals surface area contributed by atoms with Gasteiger partial charge in [-0.15, -0.1) is 0 Å². The zero-order valence-corrected chi connectivity index (χ0v) is 19.3. The Hall–Kier alpha value is -2.20. The summed E-state index contributed by atoms with van der Waals surface area (Å²) in [6, 6.07) is 2.81. The van der Waals surface area contributed by atoms with E-state index in [2.05, 4.69) is 38.3 Å². The molecular formula is C20H25BrClFN4O3. The maximum Gasteiger partial charge on any atom is 0.277 e. The number of aliphatic imine (C=N–C) groups is 1. The smallest absolute Gasteiger partial charge is 0.277 e. The van der Waals surface area contributed by atoms with Crippen LogP contribution >= 0.6 is 27.5 Å². The Morgan fingerprint density at radius 2 is 2.17 bits per heavy atom. The summed E-state index contributed by atoms with van der Waals surface area (Å²) in [5, 5.41) is 11.9. The van der Waals surface area contributed by atoms with Crippen molar-refractivity contribution >= 4 is 51.2 Å².